The summed E-state index contributed by atoms with van der Waals surface area (Å²) in [6, 6.07) is 7.01. The Morgan fingerprint density at radius 1 is 1.53 bits per heavy atom. The SMILES string of the molecule is Cc1ccc(C(=O)Nc2c(C#N)cnn2C)cc1Cl. The molecule has 0 atom stereocenters. The molecule has 5 nitrogen and oxygen atoms in total. The molecule has 0 bridgehead atoms. The highest BCUT2D eigenvalue weighted by molar-refractivity contribution is 6.31. The van der Waals surface area contributed by atoms with Gasteiger partial charge in [-0.25, -0.2) is 0 Å². The predicted molar refractivity (Wildman–Crippen MR) is 72.1 cm³/mol. The second kappa shape index (κ2) is 5.12. The lowest BCUT2D eigenvalue weighted by atomic mass is 10.1. The Morgan fingerprint density at radius 2 is 2.26 bits per heavy atom. The van der Waals surface area contributed by atoms with Gasteiger partial charge in [-0.2, -0.15) is 10.4 Å². The van der Waals surface area contributed by atoms with E-state index in [-0.39, 0.29) is 5.91 Å². The van der Waals surface area contributed by atoms with E-state index in [9.17, 15) is 4.79 Å². The summed E-state index contributed by atoms with van der Waals surface area (Å²) in [5, 5.41) is 16.0. The Labute approximate surface area is 115 Å². The molecule has 1 aromatic carbocycles. The van der Waals surface area contributed by atoms with Gasteiger partial charge < -0.3 is 5.32 Å². The average Bonchev–Trinajstić information content (AvgIpc) is 2.74. The number of nitrogens with one attached hydrogen (secondary N) is 1. The van der Waals surface area contributed by atoms with Crippen LogP contribution in [0.3, 0.4) is 0 Å². The van der Waals surface area contributed by atoms with E-state index in [0.29, 0.717) is 22.0 Å². The van der Waals surface area contributed by atoms with Crippen LogP contribution in [0.5, 0.6) is 0 Å². The van der Waals surface area contributed by atoms with Gasteiger partial charge >= 0.3 is 0 Å². The van der Waals surface area contributed by atoms with Crippen LogP contribution >= 0.6 is 11.6 Å². The maximum Gasteiger partial charge on any atom is 0.256 e. The number of nitriles is 1. The Balaban J connectivity index is 2.28. The third-order valence-corrected chi connectivity index (χ3v) is 3.13. The molecule has 0 saturated carbocycles. The van der Waals surface area contributed by atoms with Crippen molar-refractivity contribution in [2.24, 2.45) is 7.05 Å². The number of hydrogen-bond donors (Lipinski definition) is 1. The van der Waals surface area contributed by atoms with E-state index < -0.39 is 0 Å². The number of nitrogens with zero attached hydrogens (tertiary/aromatic N) is 3. The van der Waals surface area contributed by atoms with Crippen LogP contribution in [0.4, 0.5) is 5.82 Å². The van der Waals surface area contributed by atoms with Crippen molar-refractivity contribution in [2.45, 2.75) is 6.92 Å². The van der Waals surface area contributed by atoms with Crippen molar-refractivity contribution in [1.29, 1.82) is 5.26 Å². The van der Waals surface area contributed by atoms with Crippen molar-refractivity contribution >= 4 is 23.3 Å². The van der Waals surface area contributed by atoms with Crippen LogP contribution in [-0.4, -0.2) is 15.7 Å². The normalized spacial score (nSPS) is 10.0. The number of rotatable bonds is 2. The molecule has 96 valence electrons. The molecule has 0 aliphatic carbocycles. The fraction of sp³-hybridized carbons (Fsp3) is 0.154. The molecule has 0 unspecified atom stereocenters. The number of carbonyl (C=O) groups excluding carboxylic acids is 1. The fourth-order valence-corrected chi connectivity index (χ4v) is 1.76. The van der Waals surface area contributed by atoms with Crippen molar-refractivity contribution in [2.75, 3.05) is 5.32 Å². The Hall–Kier alpha value is -2.32. The molecule has 0 aliphatic rings. The third-order valence-electron chi connectivity index (χ3n) is 2.73. The van der Waals surface area contributed by atoms with Gasteiger partial charge in [0.05, 0.1) is 6.20 Å². The van der Waals surface area contributed by atoms with Crippen LogP contribution in [-0.2, 0) is 7.05 Å². The summed E-state index contributed by atoms with van der Waals surface area (Å²) in [5.41, 5.74) is 1.64. The lowest BCUT2D eigenvalue weighted by Gasteiger charge is -2.07. The molecule has 0 spiro atoms. The van der Waals surface area contributed by atoms with E-state index in [4.69, 9.17) is 16.9 Å². The lowest BCUT2D eigenvalue weighted by Crippen LogP contribution is -2.15. The third kappa shape index (κ3) is 2.59. The van der Waals surface area contributed by atoms with Crippen LogP contribution in [0.15, 0.2) is 24.4 Å². The van der Waals surface area contributed by atoms with Crippen molar-refractivity contribution in [3.63, 3.8) is 0 Å². The highest BCUT2D eigenvalue weighted by Crippen LogP contribution is 2.19. The molecule has 1 heterocycles. The molecule has 2 aromatic rings. The summed E-state index contributed by atoms with van der Waals surface area (Å²) in [6.07, 6.45) is 1.40. The van der Waals surface area contributed by atoms with Crippen LogP contribution in [0.1, 0.15) is 21.5 Å². The Morgan fingerprint density at radius 3 is 2.89 bits per heavy atom. The van der Waals surface area contributed by atoms with Gasteiger partial charge in [0, 0.05) is 17.6 Å². The quantitative estimate of drug-likeness (QED) is 0.915. The van der Waals surface area contributed by atoms with Crippen LogP contribution in [0.2, 0.25) is 5.02 Å². The maximum atomic E-state index is 12.1. The van der Waals surface area contributed by atoms with Gasteiger partial charge in [-0.3, -0.25) is 9.48 Å². The maximum absolute atomic E-state index is 12.1. The molecule has 1 amide bonds. The van der Waals surface area contributed by atoms with Gasteiger partial charge in [0.1, 0.15) is 17.5 Å². The standard InChI is InChI=1S/C13H11ClN4O/c1-8-3-4-9(5-11(8)14)13(19)17-12-10(6-15)7-16-18(12)2/h3-5,7H,1-2H3,(H,17,19). The number of hydrogen-bond acceptors (Lipinski definition) is 3. The van der Waals surface area contributed by atoms with Gasteiger partial charge in [0.25, 0.3) is 5.91 Å². The fourth-order valence-electron chi connectivity index (χ4n) is 1.58. The number of anilines is 1. The molecule has 6 heteroatoms. The topological polar surface area (TPSA) is 70.7 Å². The summed E-state index contributed by atoms with van der Waals surface area (Å²) in [5.74, 6) is 0.0335. The van der Waals surface area contributed by atoms with Gasteiger partial charge in [-0.15, -0.1) is 0 Å². The van der Waals surface area contributed by atoms with E-state index in [0.717, 1.165) is 5.56 Å². The molecular formula is C13H11ClN4O. The predicted octanol–water partition coefficient (Wildman–Crippen LogP) is 2.51. The van der Waals surface area contributed by atoms with E-state index >= 15 is 0 Å². The first-order valence-corrected chi connectivity index (χ1v) is 5.90. The van der Waals surface area contributed by atoms with Gasteiger partial charge in [-0.1, -0.05) is 17.7 Å². The number of aryl methyl sites for hydroxylation is 2. The molecule has 1 aromatic heterocycles. The molecule has 2 rings (SSSR count). The molecule has 0 saturated heterocycles. The minimum Gasteiger partial charge on any atom is -0.306 e. The lowest BCUT2D eigenvalue weighted by molar-refractivity contribution is 0.102. The minimum absolute atomic E-state index is 0.314. The van der Waals surface area contributed by atoms with Gasteiger partial charge in [0.2, 0.25) is 0 Å². The van der Waals surface area contributed by atoms with E-state index in [2.05, 4.69) is 10.4 Å². The molecule has 0 aliphatic heterocycles. The van der Waals surface area contributed by atoms with Gasteiger partial charge in [-0.05, 0) is 24.6 Å². The van der Waals surface area contributed by atoms with E-state index in [1.165, 1.54) is 10.9 Å². The first-order valence-electron chi connectivity index (χ1n) is 5.52. The molecule has 0 fully saturated rings. The second-order valence-electron chi connectivity index (χ2n) is 4.06. The smallest absolute Gasteiger partial charge is 0.256 e. The van der Waals surface area contributed by atoms with Crippen LogP contribution in [0, 0.1) is 18.3 Å². The number of aromatic nitrogens is 2. The molecule has 19 heavy (non-hydrogen) atoms. The number of carbonyl (C=O) groups is 1. The number of benzene rings is 1. The van der Waals surface area contributed by atoms with Crippen molar-refractivity contribution in [3.8, 4) is 6.07 Å². The Kier molecular flexibility index (Phi) is 3.54. The monoisotopic (exact) mass is 274 g/mol. The molecule has 1 N–H and O–H groups in total. The minimum atomic E-state index is -0.331. The zero-order valence-corrected chi connectivity index (χ0v) is 11.2. The molecular weight excluding hydrogens is 264 g/mol. The number of halogens is 1. The second-order valence-corrected chi connectivity index (χ2v) is 4.47. The Bertz CT molecular complexity index is 684. The summed E-state index contributed by atoms with van der Waals surface area (Å²) in [4.78, 5) is 12.1. The highest BCUT2D eigenvalue weighted by atomic mass is 35.5. The summed E-state index contributed by atoms with van der Waals surface area (Å²) < 4.78 is 1.44. The van der Waals surface area contributed by atoms with E-state index in [1.54, 1.807) is 25.2 Å². The highest BCUT2D eigenvalue weighted by Gasteiger charge is 2.13. The zero-order valence-electron chi connectivity index (χ0n) is 10.4. The van der Waals surface area contributed by atoms with Crippen molar-refractivity contribution in [1.82, 2.24) is 9.78 Å². The van der Waals surface area contributed by atoms with E-state index in [1.807, 2.05) is 13.0 Å². The number of amides is 1. The summed E-state index contributed by atoms with van der Waals surface area (Å²) in [7, 11) is 1.65. The summed E-state index contributed by atoms with van der Waals surface area (Å²) in [6.45, 7) is 1.86. The average molecular weight is 275 g/mol. The largest absolute Gasteiger partial charge is 0.306 e. The van der Waals surface area contributed by atoms with Gasteiger partial charge in [0.15, 0.2) is 0 Å². The summed E-state index contributed by atoms with van der Waals surface area (Å²) >= 11 is 5.98. The van der Waals surface area contributed by atoms with Crippen LogP contribution in [0.25, 0.3) is 0 Å². The van der Waals surface area contributed by atoms with Crippen LogP contribution < -0.4 is 5.32 Å². The molecule has 0 radical (unpaired) electrons. The zero-order chi connectivity index (χ0) is 14.0. The first-order chi connectivity index (χ1) is 9.02. The van der Waals surface area contributed by atoms with Crippen molar-refractivity contribution < 1.29 is 4.79 Å². The van der Waals surface area contributed by atoms with Crippen molar-refractivity contribution in [3.05, 3.63) is 46.1 Å². The first kappa shape index (κ1) is 13.1.